The first-order valence-corrected chi connectivity index (χ1v) is 9.92. The Bertz CT molecular complexity index is 672. The first kappa shape index (κ1) is 17.4. The van der Waals surface area contributed by atoms with Crippen molar-refractivity contribution in [3.05, 3.63) is 48.4 Å². The van der Waals surface area contributed by atoms with Gasteiger partial charge in [-0.1, -0.05) is 12.1 Å². The van der Waals surface area contributed by atoms with Crippen LogP contribution in [0.4, 0.5) is 5.69 Å². The zero-order valence-electron chi connectivity index (χ0n) is 15.7. The minimum absolute atomic E-state index is 0.829. The Morgan fingerprint density at radius 2 is 1.81 bits per heavy atom. The zero-order chi connectivity index (χ0) is 17.8. The number of benzene rings is 1. The fourth-order valence-corrected chi connectivity index (χ4v) is 4.60. The van der Waals surface area contributed by atoms with Crippen LogP contribution in [0.3, 0.4) is 0 Å². The average Bonchev–Trinajstić information content (AvgIpc) is 3.22. The average molecular weight is 357 g/mol. The standard InChI is InChI=1S/C21H29N3O2/c1-25-21-7-3-2-6-20(21)24-14-12-23(13-15-24)18-8-10-22(11-9-18)17-19-5-4-16-26-19/h2-7,16,18H,8-15,17H2,1H3/p+2. The number of para-hydroxylation sites is 2. The number of hydrogen-bond donors (Lipinski definition) is 2. The summed E-state index contributed by atoms with van der Waals surface area (Å²) in [6, 6.07) is 13.3. The molecule has 4 rings (SSSR count). The molecule has 0 saturated carbocycles. The van der Waals surface area contributed by atoms with E-state index in [1.807, 2.05) is 12.1 Å². The van der Waals surface area contributed by atoms with Gasteiger partial charge in [-0.05, 0) is 24.3 Å². The van der Waals surface area contributed by atoms with Crippen molar-refractivity contribution >= 4 is 5.69 Å². The lowest BCUT2D eigenvalue weighted by Gasteiger charge is -2.40. The van der Waals surface area contributed by atoms with E-state index in [0.29, 0.717) is 0 Å². The normalized spacial score (nSPS) is 24.6. The molecular weight excluding hydrogens is 326 g/mol. The van der Waals surface area contributed by atoms with Crippen molar-refractivity contribution in [1.82, 2.24) is 0 Å². The highest BCUT2D eigenvalue weighted by Crippen LogP contribution is 2.27. The lowest BCUT2D eigenvalue weighted by molar-refractivity contribution is -0.964. The molecule has 0 bridgehead atoms. The van der Waals surface area contributed by atoms with Crippen molar-refractivity contribution in [2.24, 2.45) is 0 Å². The third kappa shape index (κ3) is 3.89. The highest BCUT2D eigenvalue weighted by Gasteiger charge is 2.33. The number of methoxy groups -OCH3 is 1. The number of furan rings is 1. The molecule has 5 heteroatoms. The highest BCUT2D eigenvalue weighted by molar-refractivity contribution is 5.58. The number of piperazine rings is 1. The molecule has 2 fully saturated rings. The molecular formula is C21H31N3O2+2. The SMILES string of the molecule is COc1ccccc1N1CC[NH+](C2CC[NH+](Cc3ccco3)CC2)CC1. The maximum absolute atomic E-state index is 5.54. The van der Waals surface area contributed by atoms with E-state index in [9.17, 15) is 0 Å². The van der Waals surface area contributed by atoms with Crippen LogP contribution in [0, 0.1) is 0 Å². The van der Waals surface area contributed by atoms with Crippen molar-refractivity contribution in [2.75, 3.05) is 51.3 Å². The Morgan fingerprint density at radius 1 is 1.04 bits per heavy atom. The van der Waals surface area contributed by atoms with Gasteiger partial charge in [0, 0.05) is 12.8 Å². The van der Waals surface area contributed by atoms with E-state index >= 15 is 0 Å². The molecule has 1 aromatic carbocycles. The minimum Gasteiger partial charge on any atom is -0.495 e. The summed E-state index contributed by atoms with van der Waals surface area (Å²) in [7, 11) is 1.76. The highest BCUT2D eigenvalue weighted by atomic mass is 16.5. The predicted molar refractivity (Wildman–Crippen MR) is 102 cm³/mol. The van der Waals surface area contributed by atoms with E-state index in [4.69, 9.17) is 9.15 Å². The molecule has 0 amide bonds. The Hall–Kier alpha value is -1.98. The fraction of sp³-hybridized carbons (Fsp3) is 0.524. The van der Waals surface area contributed by atoms with Crippen LogP contribution >= 0.6 is 0 Å². The van der Waals surface area contributed by atoms with Crippen LogP contribution in [-0.4, -0.2) is 52.4 Å². The summed E-state index contributed by atoms with van der Waals surface area (Å²) in [5, 5.41) is 0. The molecule has 0 spiro atoms. The van der Waals surface area contributed by atoms with Gasteiger partial charge >= 0.3 is 0 Å². The largest absolute Gasteiger partial charge is 0.495 e. The number of nitrogens with one attached hydrogen (secondary N) is 2. The second-order valence-corrected chi connectivity index (χ2v) is 7.60. The second-order valence-electron chi connectivity index (χ2n) is 7.60. The van der Waals surface area contributed by atoms with Gasteiger partial charge in [-0.3, -0.25) is 0 Å². The summed E-state index contributed by atoms with van der Waals surface area (Å²) in [4.78, 5) is 5.95. The molecule has 2 aromatic rings. The van der Waals surface area contributed by atoms with Gasteiger partial charge in [0.15, 0.2) is 5.76 Å². The molecule has 3 heterocycles. The Kier molecular flexibility index (Phi) is 5.46. The first-order valence-electron chi connectivity index (χ1n) is 9.92. The molecule has 2 aliphatic heterocycles. The van der Waals surface area contributed by atoms with E-state index in [2.05, 4.69) is 29.2 Å². The Labute approximate surface area is 156 Å². The van der Waals surface area contributed by atoms with Crippen LogP contribution in [0.25, 0.3) is 0 Å². The van der Waals surface area contributed by atoms with Crippen LogP contribution in [-0.2, 0) is 6.54 Å². The molecule has 5 nitrogen and oxygen atoms in total. The van der Waals surface area contributed by atoms with Gasteiger partial charge in [-0.25, -0.2) is 0 Å². The van der Waals surface area contributed by atoms with Crippen LogP contribution in [0.5, 0.6) is 5.75 Å². The predicted octanol–water partition coefficient (Wildman–Crippen LogP) is 0.241. The Balaban J connectivity index is 1.26. The molecule has 0 atom stereocenters. The molecule has 2 saturated heterocycles. The quantitative estimate of drug-likeness (QED) is 0.805. The van der Waals surface area contributed by atoms with Crippen molar-refractivity contribution in [3.63, 3.8) is 0 Å². The second kappa shape index (κ2) is 8.14. The van der Waals surface area contributed by atoms with E-state index in [-0.39, 0.29) is 0 Å². The number of ether oxygens (including phenoxy) is 1. The van der Waals surface area contributed by atoms with Crippen molar-refractivity contribution in [1.29, 1.82) is 0 Å². The summed E-state index contributed by atoms with van der Waals surface area (Å²) >= 11 is 0. The number of likely N-dealkylation sites (tertiary alicyclic amines) is 1. The van der Waals surface area contributed by atoms with Crippen molar-refractivity contribution in [3.8, 4) is 5.75 Å². The number of anilines is 1. The van der Waals surface area contributed by atoms with Gasteiger partial charge < -0.3 is 23.9 Å². The lowest BCUT2D eigenvalue weighted by atomic mass is 10.0. The maximum Gasteiger partial charge on any atom is 0.157 e. The molecule has 2 N–H and O–H groups in total. The smallest absolute Gasteiger partial charge is 0.157 e. The molecule has 26 heavy (non-hydrogen) atoms. The van der Waals surface area contributed by atoms with Crippen molar-refractivity contribution in [2.45, 2.75) is 25.4 Å². The summed E-state index contributed by atoms with van der Waals surface area (Å²) in [5.74, 6) is 2.11. The topological polar surface area (TPSA) is 34.5 Å². The summed E-state index contributed by atoms with van der Waals surface area (Å²) in [5.41, 5.74) is 1.24. The summed E-state index contributed by atoms with van der Waals surface area (Å²) in [6.45, 7) is 8.28. The molecule has 0 aliphatic carbocycles. The van der Waals surface area contributed by atoms with Gasteiger partial charge in [0.25, 0.3) is 0 Å². The number of hydrogen-bond acceptors (Lipinski definition) is 3. The lowest BCUT2D eigenvalue weighted by Crippen LogP contribution is -3.21. The molecule has 1 aromatic heterocycles. The number of quaternary nitrogens is 2. The molecule has 0 unspecified atom stereocenters. The van der Waals surface area contributed by atoms with E-state index in [1.54, 1.807) is 23.2 Å². The summed E-state index contributed by atoms with van der Waals surface area (Å²) < 4.78 is 11.0. The minimum atomic E-state index is 0.829. The van der Waals surface area contributed by atoms with Crippen LogP contribution < -0.4 is 19.4 Å². The number of rotatable bonds is 5. The third-order valence-electron chi connectivity index (χ3n) is 6.11. The zero-order valence-corrected chi connectivity index (χ0v) is 15.7. The maximum atomic E-state index is 5.54. The van der Waals surface area contributed by atoms with Crippen LogP contribution in [0.15, 0.2) is 47.1 Å². The van der Waals surface area contributed by atoms with Crippen LogP contribution in [0.2, 0.25) is 0 Å². The molecule has 0 radical (unpaired) electrons. The molecule has 2 aliphatic rings. The van der Waals surface area contributed by atoms with Gasteiger partial charge in [0.05, 0.1) is 64.4 Å². The third-order valence-corrected chi connectivity index (χ3v) is 6.11. The van der Waals surface area contributed by atoms with Gasteiger partial charge in [0.1, 0.15) is 12.3 Å². The monoisotopic (exact) mass is 357 g/mol. The van der Waals surface area contributed by atoms with E-state index < -0.39 is 0 Å². The van der Waals surface area contributed by atoms with Gasteiger partial charge in [-0.15, -0.1) is 0 Å². The number of nitrogens with zero attached hydrogens (tertiary/aromatic N) is 1. The van der Waals surface area contributed by atoms with E-state index in [1.165, 1.54) is 44.7 Å². The van der Waals surface area contributed by atoms with Gasteiger partial charge in [0.2, 0.25) is 0 Å². The molecule has 140 valence electrons. The van der Waals surface area contributed by atoms with Crippen molar-refractivity contribution < 1.29 is 19.0 Å². The summed E-state index contributed by atoms with van der Waals surface area (Å²) in [6.07, 6.45) is 4.45. The fourth-order valence-electron chi connectivity index (χ4n) is 4.60. The number of piperidine rings is 1. The van der Waals surface area contributed by atoms with Gasteiger partial charge in [-0.2, -0.15) is 0 Å². The Morgan fingerprint density at radius 3 is 2.50 bits per heavy atom. The van der Waals surface area contributed by atoms with E-state index in [0.717, 1.165) is 37.2 Å². The first-order chi connectivity index (χ1) is 12.8. The van der Waals surface area contributed by atoms with Crippen LogP contribution in [0.1, 0.15) is 18.6 Å².